The number of anilines is 2. The Hall–Kier alpha value is -4.15. The molecule has 4 aromatic rings. The van der Waals surface area contributed by atoms with Gasteiger partial charge in [-0.05, 0) is 18.2 Å². The van der Waals surface area contributed by atoms with Crippen molar-refractivity contribution in [3.05, 3.63) is 71.9 Å². The van der Waals surface area contributed by atoms with Crippen molar-refractivity contribution in [3.63, 3.8) is 0 Å². The van der Waals surface area contributed by atoms with Crippen molar-refractivity contribution >= 4 is 18.2 Å². The monoisotopic (exact) mass is 409 g/mol. The first-order chi connectivity index (χ1) is 14.6. The second-order valence-corrected chi connectivity index (χ2v) is 6.63. The number of aliphatic imine (C=N–C) groups is 1. The Kier molecular flexibility index (Phi) is 3.31. The van der Waals surface area contributed by atoms with Crippen molar-refractivity contribution in [2.45, 2.75) is 6.17 Å². The molecule has 0 bridgehead atoms. The number of benzene rings is 2. The van der Waals surface area contributed by atoms with Gasteiger partial charge in [0.05, 0.1) is 17.4 Å². The highest BCUT2D eigenvalue weighted by atomic mass is 19.1. The van der Waals surface area contributed by atoms with E-state index in [0.717, 1.165) is 17.7 Å². The largest absolute Gasteiger partial charge is 0.349 e. The highest BCUT2D eigenvalue weighted by Gasteiger charge is 2.41. The van der Waals surface area contributed by atoms with E-state index >= 15 is 0 Å². The molecule has 0 N–H and O–H groups in total. The summed E-state index contributed by atoms with van der Waals surface area (Å²) in [6.45, 7) is 0. The maximum Gasteiger partial charge on any atom is 0.349 e. The van der Waals surface area contributed by atoms with Crippen molar-refractivity contribution < 1.29 is 17.7 Å². The van der Waals surface area contributed by atoms with E-state index in [2.05, 4.69) is 20.1 Å². The summed E-state index contributed by atoms with van der Waals surface area (Å²) in [5, 5.41) is 6.86. The van der Waals surface area contributed by atoms with Gasteiger partial charge in [-0.3, -0.25) is 4.57 Å². The first kappa shape index (κ1) is 16.8. The Bertz CT molecular complexity index is 1330. The average molecular weight is 409 g/mol. The highest BCUT2D eigenvalue weighted by Crippen LogP contribution is 2.43. The van der Waals surface area contributed by atoms with Gasteiger partial charge in [0.2, 0.25) is 5.82 Å². The van der Waals surface area contributed by atoms with Gasteiger partial charge in [0.1, 0.15) is 18.0 Å². The third-order valence-corrected chi connectivity index (χ3v) is 4.96. The minimum atomic E-state index is -0.817. The van der Waals surface area contributed by atoms with Gasteiger partial charge in [0.15, 0.2) is 12.0 Å². The smallest absolute Gasteiger partial charge is 0.313 e. The van der Waals surface area contributed by atoms with Crippen molar-refractivity contribution in [1.82, 2.24) is 19.7 Å². The van der Waals surface area contributed by atoms with Gasteiger partial charge in [-0.15, -0.1) is 0 Å². The molecule has 8 nitrogen and oxygen atoms in total. The third kappa shape index (κ3) is 2.22. The first-order valence-electron chi connectivity index (χ1n) is 8.85. The lowest BCUT2D eigenvalue weighted by Gasteiger charge is -2.35. The summed E-state index contributed by atoms with van der Waals surface area (Å²) in [7, 11) is 0. The van der Waals surface area contributed by atoms with E-state index in [1.807, 2.05) is 12.1 Å². The Morgan fingerprint density at radius 3 is 2.77 bits per heavy atom. The van der Waals surface area contributed by atoms with Gasteiger partial charge >= 0.3 is 6.01 Å². The molecule has 0 fully saturated rings. The molecule has 2 aliphatic rings. The summed E-state index contributed by atoms with van der Waals surface area (Å²) >= 11 is 0. The molecule has 0 amide bonds. The van der Waals surface area contributed by atoms with E-state index < -0.39 is 23.9 Å². The van der Waals surface area contributed by atoms with Crippen molar-refractivity contribution in [2.24, 2.45) is 4.99 Å². The zero-order valence-corrected chi connectivity index (χ0v) is 14.9. The number of imidazole rings is 1. The van der Waals surface area contributed by atoms with Gasteiger partial charge < -0.3 is 4.52 Å². The van der Waals surface area contributed by atoms with Crippen LogP contribution in [0.1, 0.15) is 11.7 Å². The molecule has 11 heteroatoms. The quantitative estimate of drug-likeness (QED) is 0.503. The molecule has 148 valence electrons. The number of aromatic nitrogens is 4. The predicted octanol–water partition coefficient (Wildman–Crippen LogP) is 3.62. The number of hydrazine groups is 1. The van der Waals surface area contributed by atoms with E-state index in [9.17, 15) is 13.2 Å². The fourth-order valence-corrected chi connectivity index (χ4v) is 3.66. The molecule has 2 aromatic carbocycles. The number of fused-ring (bicyclic) bond motifs is 6. The number of rotatable bonds is 2. The summed E-state index contributed by atoms with van der Waals surface area (Å²) in [5.41, 5.74) is 1.37. The van der Waals surface area contributed by atoms with Crippen LogP contribution in [0.5, 0.6) is 0 Å². The molecule has 0 saturated heterocycles. The molecule has 0 saturated carbocycles. The topological polar surface area (TPSA) is 75.6 Å². The number of hydrogen-bond acceptors (Lipinski definition) is 7. The summed E-state index contributed by atoms with van der Waals surface area (Å²) in [6.07, 6.45) is 1.65. The molecule has 0 aliphatic carbocycles. The lowest BCUT2D eigenvalue weighted by atomic mass is 10.1. The standard InChI is InChI=1S/C19H10F3N7O/c20-10-5-6-11(13(21)7-10)16-25-19(30-26-16)27-9-24-17-12-3-1-2-4-14(12)28-15(29(17)27)8-23-18(28)22/h1-9,17H. The molecule has 2 aromatic heterocycles. The van der Waals surface area contributed by atoms with Crippen LogP contribution in [0.4, 0.5) is 25.0 Å². The third-order valence-electron chi connectivity index (χ3n) is 4.96. The number of hydrogen-bond donors (Lipinski definition) is 0. The minimum Gasteiger partial charge on any atom is -0.313 e. The Morgan fingerprint density at radius 2 is 1.90 bits per heavy atom. The van der Waals surface area contributed by atoms with E-state index in [-0.39, 0.29) is 17.4 Å². The summed E-state index contributed by atoms with van der Waals surface area (Å²) in [5.74, 6) is -1.18. The molecule has 6 rings (SSSR count). The molecule has 4 heterocycles. The molecule has 30 heavy (non-hydrogen) atoms. The Labute approximate surface area is 166 Å². The van der Waals surface area contributed by atoms with Gasteiger partial charge in [-0.25, -0.2) is 23.8 Å². The first-order valence-corrected chi connectivity index (χ1v) is 8.85. The van der Waals surface area contributed by atoms with Crippen LogP contribution in [-0.4, -0.2) is 26.0 Å². The molecular formula is C19H10F3N7O. The summed E-state index contributed by atoms with van der Waals surface area (Å²) in [6, 6.07) is 10.3. The average Bonchev–Trinajstić information content (AvgIpc) is 3.46. The maximum absolute atomic E-state index is 14.4. The molecule has 2 aliphatic heterocycles. The SMILES string of the molecule is Fc1ccc(-c2noc(N3C=NC4c5ccccc5-n5c(cnc5F)N43)n2)c(F)c1. The van der Waals surface area contributed by atoms with E-state index in [0.29, 0.717) is 11.5 Å². The zero-order chi connectivity index (χ0) is 20.4. The Balaban J connectivity index is 1.44. The Morgan fingerprint density at radius 1 is 1.03 bits per heavy atom. The number of para-hydroxylation sites is 1. The van der Waals surface area contributed by atoms with Crippen molar-refractivity contribution in [1.29, 1.82) is 0 Å². The van der Waals surface area contributed by atoms with Crippen LogP contribution in [0.25, 0.3) is 17.1 Å². The molecule has 1 unspecified atom stereocenters. The van der Waals surface area contributed by atoms with Crippen LogP contribution in [0, 0.1) is 17.7 Å². The lowest BCUT2D eigenvalue weighted by Crippen LogP contribution is -2.42. The molecular weight excluding hydrogens is 399 g/mol. The second kappa shape index (κ2) is 5.92. The maximum atomic E-state index is 14.4. The predicted molar refractivity (Wildman–Crippen MR) is 99.4 cm³/mol. The molecule has 0 spiro atoms. The van der Waals surface area contributed by atoms with Crippen molar-refractivity contribution in [3.8, 4) is 17.1 Å². The minimum absolute atomic E-state index is 0.0147. The number of halogens is 3. The fraction of sp³-hybridized carbons (Fsp3) is 0.0526. The van der Waals surface area contributed by atoms with E-state index in [4.69, 9.17) is 4.52 Å². The van der Waals surface area contributed by atoms with Crippen LogP contribution in [0.15, 0.2) is 58.2 Å². The number of nitrogens with zero attached hydrogens (tertiary/aromatic N) is 7. The van der Waals surface area contributed by atoms with Crippen LogP contribution in [-0.2, 0) is 0 Å². The molecule has 0 radical (unpaired) electrons. The van der Waals surface area contributed by atoms with Crippen molar-refractivity contribution in [2.75, 3.05) is 10.0 Å². The van der Waals surface area contributed by atoms with Gasteiger partial charge in [-0.2, -0.15) is 14.4 Å². The second-order valence-electron chi connectivity index (χ2n) is 6.63. The molecule has 1 atom stereocenters. The highest BCUT2D eigenvalue weighted by molar-refractivity contribution is 5.85. The lowest BCUT2D eigenvalue weighted by molar-refractivity contribution is 0.419. The summed E-state index contributed by atoms with van der Waals surface area (Å²) in [4.78, 5) is 12.5. The van der Waals surface area contributed by atoms with Gasteiger partial charge in [0.25, 0.3) is 6.08 Å². The van der Waals surface area contributed by atoms with Crippen LogP contribution < -0.4 is 10.0 Å². The van der Waals surface area contributed by atoms with Gasteiger partial charge in [0, 0.05) is 11.6 Å². The zero-order valence-electron chi connectivity index (χ0n) is 14.9. The van der Waals surface area contributed by atoms with Gasteiger partial charge in [-0.1, -0.05) is 23.4 Å². The van der Waals surface area contributed by atoms with Crippen LogP contribution >= 0.6 is 0 Å². The normalized spacial score (nSPS) is 16.6. The van der Waals surface area contributed by atoms with Crippen LogP contribution in [0.3, 0.4) is 0 Å². The van der Waals surface area contributed by atoms with Crippen LogP contribution in [0.2, 0.25) is 0 Å². The summed E-state index contributed by atoms with van der Waals surface area (Å²) < 4.78 is 48.4. The van der Waals surface area contributed by atoms with E-state index in [1.165, 1.54) is 28.2 Å². The van der Waals surface area contributed by atoms with E-state index in [1.54, 1.807) is 17.1 Å². The fourth-order valence-electron chi connectivity index (χ4n) is 3.66.